The van der Waals surface area contributed by atoms with Crippen LogP contribution >= 0.6 is 0 Å². The van der Waals surface area contributed by atoms with Crippen molar-refractivity contribution in [2.24, 2.45) is 5.73 Å². The molecular formula is C18H16N4O2. The van der Waals surface area contributed by atoms with E-state index in [-0.39, 0.29) is 5.91 Å². The van der Waals surface area contributed by atoms with Crippen LogP contribution in [-0.2, 0) is 0 Å². The molecule has 0 saturated carbocycles. The number of nitrogens with zero attached hydrogens (tertiary/aromatic N) is 2. The summed E-state index contributed by atoms with van der Waals surface area (Å²) in [6.45, 7) is 3.78. The molecule has 2 aromatic carbocycles. The molecule has 0 bridgehead atoms. The second kappa shape index (κ2) is 6.08. The van der Waals surface area contributed by atoms with Crippen molar-refractivity contribution in [2.75, 3.05) is 5.32 Å². The van der Waals surface area contributed by atoms with E-state index in [1.165, 1.54) is 0 Å². The molecule has 24 heavy (non-hydrogen) atoms. The van der Waals surface area contributed by atoms with Gasteiger partial charge in [-0.05, 0) is 56.3 Å². The number of amides is 2. The SMILES string of the molecule is Cc1nc2ccc(C(=O)Nc3ccc(C(N)=O)cc3)cc2nc1C. The number of benzene rings is 2. The molecule has 0 aliphatic heterocycles. The van der Waals surface area contributed by atoms with Crippen molar-refractivity contribution >= 4 is 28.5 Å². The Hall–Kier alpha value is -3.28. The van der Waals surface area contributed by atoms with Gasteiger partial charge in [0.15, 0.2) is 0 Å². The summed E-state index contributed by atoms with van der Waals surface area (Å²) < 4.78 is 0. The van der Waals surface area contributed by atoms with E-state index in [1.54, 1.807) is 42.5 Å². The Morgan fingerprint density at radius 3 is 2.08 bits per heavy atom. The summed E-state index contributed by atoms with van der Waals surface area (Å²) in [5.74, 6) is -0.768. The summed E-state index contributed by atoms with van der Waals surface area (Å²) in [5.41, 5.74) is 9.78. The van der Waals surface area contributed by atoms with Crippen LogP contribution in [0.1, 0.15) is 32.1 Å². The van der Waals surface area contributed by atoms with Crippen LogP contribution < -0.4 is 11.1 Å². The molecule has 0 aliphatic rings. The minimum absolute atomic E-state index is 0.260. The van der Waals surface area contributed by atoms with Crippen LogP contribution in [0.3, 0.4) is 0 Å². The molecule has 120 valence electrons. The summed E-state index contributed by atoms with van der Waals surface area (Å²) >= 11 is 0. The molecule has 3 rings (SSSR count). The first-order valence-electron chi connectivity index (χ1n) is 7.40. The molecule has 6 nitrogen and oxygen atoms in total. The summed E-state index contributed by atoms with van der Waals surface area (Å²) in [5, 5.41) is 2.78. The van der Waals surface area contributed by atoms with Gasteiger partial charge in [0.1, 0.15) is 0 Å². The number of rotatable bonds is 3. The molecule has 0 aliphatic carbocycles. The van der Waals surface area contributed by atoms with Crippen LogP contribution in [0.2, 0.25) is 0 Å². The first-order valence-corrected chi connectivity index (χ1v) is 7.40. The van der Waals surface area contributed by atoms with E-state index < -0.39 is 5.91 Å². The zero-order valence-electron chi connectivity index (χ0n) is 13.3. The Bertz CT molecular complexity index is 949. The van der Waals surface area contributed by atoms with E-state index in [9.17, 15) is 9.59 Å². The first kappa shape index (κ1) is 15.6. The number of nitrogens with one attached hydrogen (secondary N) is 1. The maximum absolute atomic E-state index is 12.4. The van der Waals surface area contributed by atoms with Crippen LogP contribution in [0, 0.1) is 13.8 Å². The van der Waals surface area contributed by atoms with E-state index in [0.717, 1.165) is 16.9 Å². The molecule has 3 aromatic rings. The standard InChI is InChI=1S/C18H16N4O2/c1-10-11(2)21-16-9-13(5-8-15(16)20-10)18(24)22-14-6-3-12(4-7-14)17(19)23/h3-9H,1-2H3,(H2,19,23)(H,22,24). The van der Waals surface area contributed by atoms with Gasteiger partial charge in [0, 0.05) is 16.8 Å². The topological polar surface area (TPSA) is 98.0 Å². The predicted octanol–water partition coefficient (Wildman–Crippen LogP) is 2.60. The van der Waals surface area contributed by atoms with Gasteiger partial charge in [-0.3, -0.25) is 9.59 Å². The fraction of sp³-hybridized carbons (Fsp3) is 0.111. The molecular weight excluding hydrogens is 304 g/mol. The van der Waals surface area contributed by atoms with Crippen molar-refractivity contribution < 1.29 is 9.59 Å². The number of fused-ring (bicyclic) bond motifs is 1. The third kappa shape index (κ3) is 3.08. The van der Waals surface area contributed by atoms with Crippen molar-refractivity contribution in [2.45, 2.75) is 13.8 Å². The quantitative estimate of drug-likeness (QED) is 0.775. The number of aryl methyl sites for hydroxylation is 2. The maximum Gasteiger partial charge on any atom is 0.255 e. The molecule has 0 saturated heterocycles. The van der Waals surface area contributed by atoms with Gasteiger partial charge >= 0.3 is 0 Å². The van der Waals surface area contributed by atoms with E-state index >= 15 is 0 Å². The van der Waals surface area contributed by atoms with Crippen LogP contribution in [0.5, 0.6) is 0 Å². The van der Waals surface area contributed by atoms with Crippen LogP contribution in [0.25, 0.3) is 11.0 Å². The van der Waals surface area contributed by atoms with Crippen molar-refractivity contribution in [1.82, 2.24) is 9.97 Å². The number of carbonyl (C=O) groups is 2. The monoisotopic (exact) mass is 320 g/mol. The average Bonchev–Trinajstić information content (AvgIpc) is 2.56. The largest absolute Gasteiger partial charge is 0.366 e. The number of primary amides is 1. The Balaban J connectivity index is 1.85. The van der Waals surface area contributed by atoms with Crippen molar-refractivity contribution in [1.29, 1.82) is 0 Å². The minimum Gasteiger partial charge on any atom is -0.366 e. The van der Waals surface area contributed by atoms with Crippen LogP contribution in [0.15, 0.2) is 42.5 Å². The third-order valence-corrected chi connectivity index (χ3v) is 3.76. The van der Waals surface area contributed by atoms with Crippen LogP contribution in [0.4, 0.5) is 5.69 Å². The van der Waals surface area contributed by atoms with Gasteiger partial charge in [-0.25, -0.2) is 9.97 Å². The Morgan fingerprint density at radius 1 is 0.875 bits per heavy atom. The molecule has 2 amide bonds. The average molecular weight is 320 g/mol. The highest BCUT2D eigenvalue weighted by Gasteiger charge is 2.09. The number of aromatic nitrogens is 2. The van der Waals surface area contributed by atoms with Crippen LogP contribution in [-0.4, -0.2) is 21.8 Å². The summed E-state index contributed by atoms with van der Waals surface area (Å²) in [7, 11) is 0. The smallest absolute Gasteiger partial charge is 0.255 e. The predicted molar refractivity (Wildman–Crippen MR) is 91.9 cm³/mol. The molecule has 1 aromatic heterocycles. The number of hydrogen-bond acceptors (Lipinski definition) is 4. The summed E-state index contributed by atoms with van der Waals surface area (Å²) in [6.07, 6.45) is 0. The number of hydrogen-bond donors (Lipinski definition) is 2. The molecule has 0 unspecified atom stereocenters. The fourth-order valence-electron chi connectivity index (χ4n) is 2.29. The fourth-order valence-corrected chi connectivity index (χ4v) is 2.29. The van der Waals surface area contributed by atoms with Gasteiger partial charge < -0.3 is 11.1 Å². The highest BCUT2D eigenvalue weighted by atomic mass is 16.2. The van der Waals surface area contributed by atoms with Gasteiger partial charge in [0.2, 0.25) is 5.91 Å². The lowest BCUT2D eigenvalue weighted by molar-refractivity contribution is 0.0998. The van der Waals surface area contributed by atoms with Gasteiger partial charge in [-0.15, -0.1) is 0 Å². The molecule has 0 fully saturated rings. The second-order valence-corrected chi connectivity index (χ2v) is 5.49. The zero-order chi connectivity index (χ0) is 17.3. The van der Waals surface area contributed by atoms with Crippen molar-refractivity contribution in [3.8, 4) is 0 Å². The van der Waals surface area contributed by atoms with Gasteiger partial charge in [-0.1, -0.05) is 0 Å². The zero-order valence-corrected chi connectivity index (χ0v) is 13.3. The second-order valence-electron chi connectivity index (χ2n) is 5.49. The number of anilines is 1. The molecule has 1 heterocycles. The first-order chi connectivity index (χ1) is 11.4. The van der Waals surface area contributed by atoms with E-state index in [0.29, 0.717) is 22.3 Å². The molecule has 0 spiro atoms. The number of nitrogens with two attached hydrogens (primary N) is 1. The maximum atomic E-state index is 12.4. The number of carbonyl (C=O) groups excluding carboxylic acids is 2. The lowest BCUT2D eigenvalue weighted by atomic mass is 10.1. The Kier molecular flexibility index (Phi) is 3.95. The molecule has 0 radical (unpaired) electrons. The summed E-state index contributed by atoms with van der Waals surface area (Å²) in [6, 6.07) is 11.6. The van der Waals surface area contributed by atoms with Crippen molar-refractivity contribution in [3.05, 3.63) is 65.0 Å². The molecule has 0 atom stereocenters. The van der Waals surface area contributed by atoms with Gasteiger partial charge in [0.25, 0.3) is 5.91 Å². The van der Waals surface area contributed by atoms with Gasteiger partial charge in [0.05, 0.1) is 22.4 Å². The molecule has 6 heteroatoms. The highest BCUT2D eigenvalue weighted by molar-refractivity contribution is 6.06. The summed E-state index contributed by atoms with van der Waals surface area (Å²) in [4.78, 5) is 32.3. The Labute approximate surface area is 138 Å². The lowest BCUT2D eigenvalue weighted by Crippen LogP contribution is -2.13. The van der Waals surface area contributed by atoms with E-state index in [2.05, 4.69) is 15.3 Å². The third-order valence-electron chi connectivity index (χ3n) is 3.76. The lowest BCUT2D eigenvalue weighted by Gasteiger charge is -2.07. The highest BCUT2D eigenvalue weighted by Crippen LogP contribution is 2.16. The minimum atomic E-state index is -0.508. The van der Waals surface area contributed by atoms with E-state index in [1.807, 2.05) is 13.8 Å². The van der Waals surface area contributed by atoms with Gasteiger partial charge in [-0.2, -0.15) is 0 Å². The molecule has 3 N–H and O–H groups in total. The van der Waals surface area contributed by atoms with Crippen molar-refractivity contribution in [3.63, 3.8) is 0 Å². The Morgan fingerprint density at radius 2 is 1.46 bits per heavy atom. The van der Waals surface area contributed by atoms with E-state index in [4.69, 9.17) is 5.73 Å². The normalized spacial score (nSPS) is 10.6.